The van der Waals surface area contributed by atoms with E-state index in [1.165, 1.54) is 16.8 Å². The number of halogens is 1. The minimum Gasteiger partial charge on any atom is -0.411 e. The summed E-state index contributed by atoms with van der Waals surface area (Å²) in [7, 11) is 0. The van der Waals surface area contributed by atoms with Crippen LogP contribution in [0.15, 0.2) is 59.5 Å². The molecular weight excluding hydrogens is 415 g/mol. The Morgan fingerprint density at radius 3 is 3.00 bits per heavy atom. The Labute approximate surface area is 179 Å². The number of hydrogen-bond donors (Lipinski definition) is 1. The molecule has 6 heterocycles. The van der Waals surface area contributed by atoms with Gasteiger partial charge in [-0.25, -0.2) is 13.9 Å². The van der Waals surface area contributed by atoms with Gasteiger partial charge in [-0.05, 0) is 30.3 Å². The van der Waals surface area contributed by atoms with Crippen LogP contribution in [-0.2, 0) is 6.42 Å². The average molecular weight is 430 g/mol. The minimum atomic E-state index is -0.592. The van der Waals surface area contributed by atoms with E-state index < -0.39 is 17.8 Å². The van der Waals surface area contributed by atoms with Crippen molar-refractivity contribution in [3.05, 3.63) is 83.9 Å². The molecule has 0 fully saturated rings. The molecule has 0 spiro atoms. The zero-order valence-corrected chi connectivity index (χ0v) is 16.5. The predicted octanol–water partition coefficient (Wildman–Crippen LogP) is 2.43. The molecule has 10 nitrogen and oxygen atoms in total. The van der Waals surface area contributed by atoms with E-state index in [1.807, 2.05) is 0 Å². The molecule has 158 valence electrons. The van der Waals surface area contributed by atoms with Gasteiger partial charge >= 0.3 is 11.8 Å². The number of amides is 1. The molecule has 32 heavy (non-hydrogen) atoms. The summed E-state index contributed by atoms with van der Waals surface area (Å²) in [5, 5.41) is 12.4. The molecule has 1 unspecified atom stereocenters. The van der Waals surface area contributed by atoms with Gasteiger partial charge in [0.05, 0.1) is 29.4 Å². The number of aromatic nitrogens is 7. The Morgan fingerprint density at radius 2 is 2.12 bits per heavy atom. The van der Waals surface area contributed by atoms with Crippen LogP contribution in [0.1, 0.15) is 33.8 Å². The highest BCUT2D eigenvalue weighted by atomic mass is 19.1. The van der Waals surface area contributed by atoms with Crippen LogP contribution in [0.4, 0.5) is 4.39 Å². The van der Waals surface area contributed by atoms with Crippen LogP contribution in [0.2, 0.25) is 0 Å². The van der Waals surface area contributed by atoms with E-state index in [0.717, 1.165) is 5.69 Å². The monoisotopic (exact) mass is 430 g/mol. The van der Waals surface area contributed by atoms with Gasteiger partial charge in [-0.2, -0.15) is 5.10 Å². The SMILES string of the molecule is O=C(c1nnc(-c2ccccn2)o1)N1CCc2[nH]cnc2C1c1cc2ccc(F)cn2n1. The second-order valence-electron chi connectivity index (χ2n) is 7.33. The van der Waals surface area contributed by atoms with Gasteiger partial charge < -0.3 is 14.3 Å². The molecule has 5 aromatic heterocycles. The Bertz CT molecular complexity index is 1440. The molecular formula is C21H15FN8O2. The Kier molecular flexibility index (Phi) is 4.06. The molecule has 0 saturated carbocycles. The van der Waals surface area contributed by atoms with Crippen molar-refractivity contribution in [2.45, 2.75) is 12.5 Å². The highest BCUT2D eigenvalue weighted by molar-refractivity contribution is 5.90. The number of H-pyrrole nitrogens is 1. The first kappa shape index (κ1) is 18.4. The van der Waals surface area contributed by atoms with Gasteiger partial charge in [-0.15, -0.1) is 10.2 Å². The lowest BCUT2D eigenvalue weighted by Crippen LogP contribution is -2.41. The maximum atomic E-state index is 13.7. The molecule has 11 heteroatoms. The number of pyridine rings is 2. The van der Waals surface area contributed by atoms with E-state index >= 15 is 0 Å². The summed E-state index contributed by atoms with van der Waals surface area (Å²) < 4.78 is 20.7. The largest absolute Gasteiger partial charge is 0.411 e. The minimum absolute atomic E-state index is 0.149. The van der Waals surface area contributed by atoms with Gasteiger partial charge in [0.15, 0.2) is 0 Å². The zero-order chi connectivity index (χ0) is 21.7. The van der Waals surface area contributed by atoms with Crippen LogP contribution < -0.4 is 0 Å². The highest BCUT2D eigenvalue weighted by Gasteiger charge is 2.38. The summed E-state index contributed by atoms with van der Waals surface area (Å²) in [5.41, 5.74) is 3.33. The van der Waals surface area contributed by atoms with E-state index in [0.29, 0.717) is 35.6 Å². The molecule has 0 radical (unpaired) electrons. The first-order valence-corrected chi connectivity index (χ1v) is 9.90. The number of nitrogens with zero attached hydrogens (tertiary/aromatic N) is 7. The molecule has 5 aromatic rings. The van der Waals surface area contributed by atoms with Crippen molar-refractivity contribution in [1.29, 1.82) is 0 Å². The lowest BCUT2D eigenvalue weighted by atomic mass is 9.99. The number of carbonyl (C=O) groups is 1. The fraction of sp³-hybridized carbons (Fsp3) is 0.143. The quantitative estimate of drug-likeness (QED) is 0.467. The maximum absolute atomic E-state index is 13.7. The Hall–Kier alpha value is -4.41. The molecule has 0 saturated heterocycles. The number of rotatable bonds is 3. The number of imidazole rings is 1. The van der Waals surface area contributed by atoms with Crippen molar-refractivity contribution in [1.82, 2.24) is 39.7 Å². The molecule has 1 amide bonds. The first-order chi connectivity index (χ1) is 15.7. The summed E-state index contributed by atoms with van der Waals surface area (Å²) in [6, 6.07) is 9.49. The maximum Gasteiger partial charge on any atom is 0.312 e. The highest BCUT2D eigenvalue weighted by Crippen LogP contribution is 2.34. The molecule has 1 N–H and O–H groups in total. The molecule has 1 aliphatic rings. The number of carbonyl (C=O) groups excluding carboxylic acids is 1. The van der Waals surface area contributed by atoms with E-state index in [9.17, 15) is 9.18 Å². The van der Waals surface area contributed by atoms with Crippen LogP contribution in [0.25, 0.3) is 17.1 Å². The predicted molar refractivity (Wildman–Crippen MR) is 108 cm³/mol. The second-order valence-corrected chi connectivity index (χ2v) is 7.33. The lowest BCUT2D eigenvalue weighted by molar-refractivity contribution is 0.0646. The normalized spacial score (nSPS) is 15.8. The summed E-state index contributed by atoms with van der Waals surface area (Å²) in [5.74, 6) is -0.839. The molecule has 0 bridgehead atoms. The van der Waals surface area contributed by atoms with Gasteiger partial charge in [0.2, 0.25) is 0 Å². The third-order valence-electron chi connectivity index (χ3n) is 5.40. The van der Waals surface area contributed by atoms with Crippen molar-refractivity contribution in [2.75, 3.05) is 6.54 Å². The van der Waals surface area contributed by atoms with E-state index in [-0.39, 0.29) is 11.8 Å². The van der Waals surface area contributed by atoms with Crippen LogP contribution in [-0.4, -0.2) is 52.1 Å². The first-order valence-electron chi connectivity index (χ1n) is 9.90. The van der Waals surface area contributed by atoms with Crippen LogP contribution in [0.3, 0.4) is 0 Å². The third-order valence-corrected chi connectivity index (χ3v) is 5.40. The van der Waals surface area contributed by atoms with Crippen molar-refractivity contribution in [3.8, 4) is 11.6 Å². The van der Waals surface area contributed by atoms with Gasteiger partial charge in [0.1, 0.15) is 17.6 Å². The number of hydrogen-bond acceptors (Lipinski definition) is 7. The summed E-state index contributed by atoms with van der Waals surface area (Å²) >= 11 is 0. The fourth-order valence-electron chi connectivity index (χ4n) is 3.94. The number of nitrogens with one attached hydrogen (secondary N) is 1. The molecule has 1 aliphatic heterocycles. The Morgan fingerprint density at radius 1 is 1.19 bits per heavy atom. The van der Waals surface area contributed by atoms with E-state index in [1.54, 1.807) is 47.8 Å². The van der Waals surface area contributed by atoms with Gasteiger partial charge in [0.25, 0.3) is 5.89 Å². The van der Waals surface area contributed by atoms with E-state index in [2.05, 4.69) is 30.2 Å². The van der Waals surface area contributed by atoms with Crippen LogP contribution >= 0.6 is 0 Å². The van der Waals surface area contributed by atoms with Crippen molar-refractivity contribution >= 4 is 11.4 Å². The number of aromatic amines is 1. The average Bonchev–Trinajstić information content (AvgIpc) is 3.57. The summed E-state index contributed by atoms with van der Waals surface area (Å²) in [6.45, 7) is 0.391. The van der Waals surface area contributed by atoms with Crippen molar-refractivity contribution < 1.29 is 13.6 Å². The van der Waals surface area contributed by atoms with Gasteiger partial charge in [-0.3, -0.25) is 9.78 Å². The second kappa shape index (κ2) is 7.08. The van der Waals surface area contributed by atoms with Crippen LogP contribution in [0, 0.1) is 5.82 Å². The summed E-state index contributed by atoms with van der Waals surface area (Å²) in [6.07, 6.45) is 5.07. The van der Waals surface area contributed by atoms with Gasteiger partial charge in [0, 0.05) is 24.9 Å². The molecule has 6 rings (SSSR count). The topological polar surface area (TPSA) is 118 Å². The lowest BCUT2D eigenvalue weighted by Gasteiger charge is -2.32. The zero-order valence-electron chi connectivity index (χ0n) is 16.5. The Balaban J connectivity index is 1.40. The number of fused-ring (bicyclic) bond motifs is 2. The smallest absolute Gasteiger partial charge is 0.312 e. The van der Waals surface area contributed by atoms with Crippen molar-refractivity contribution in [3.63, 3.8) is 0 Å². The standard InChI is InChI=1S/C21H15FN8O2/c22-12-4-5-13-9-16(28-30(13)10-12)18-17-14(24-11-25-17)6-8-29(18)21(31)20-27-26-19(32-20)15-3-1-2-7-23-15/h1-5,7,9-11,18H,6,8H2,(H,24,25). The fourth-order valence-corrected chi connectivity index (χ4v) is 3.94. The van der Waals surface area contributed by atoms with Crippen LogP contribution in [0.5, 0.6) is 0 Å². The van der Waals surface area contributed by atoms with E-state index in [4.69, 9.17) is 4.42 Å². The van der Waals surface area contributed by atoms with Gasteiger partial charge in [-0.1, -0.05) is 6.07 Å². The molecule has 0 aromatic carbocycles. The molecule has 1 atom stereocenters. The molecule has 0 aliphatic carbocycles. The summed E-state index contributed by atoms with van der Waals surface area (Å²) in [4.78, 5) is 26.7. The third kappa shape index (κ3) is 2.94. The van der Waals surface area contributed by atoms with Crippen molar-refractivity contribution in [2.24, 2.45) is 0 Å².